The third-order valence-electron chi connectivity index (χ3n) is 6.92. The van der Waals surface area contributed by atoms with Crippen molar-refractivity contribution in [1.82, 2.24) is 10.2 Å². The molecular formula is C27H36N4O6S. The summed E-state index contributed by atoms with van der Waals surface area (Å²) in [5.74, 6) is -0.802. The van der Waals surface area contributed by atoms with Crippen molar-refractivity contribution in [3.05, 3.63) is 69.8 Å². The van der Waals surface area contributed by atoms with Gasteiger partial charge in [0.05, 0.1) is 16.9 Å². The molecule has 0 radical (unpaired) electrons. The smallest absolute Gasteiger partial charge is 0.271 e. The number of rotatable bonds is 12. The van der Waals surface area contributed by atoms with E-state index in [-0.39, 0.29) is 29.9 Å². The molecule has 0 spiro atoms. The fourth-order valence-corrected chi connectivity index (χ4v) is 5.74. The van der Waals surface area contributed by atoms with Gasteiger partial charge in [0, 0.05) is 24.7 Å². The molecule has 0 aliphatic heterocycles. The SMILES string of the molecule is CC[C@H](C(=O)NC1CCCC1)N(CCc1ccccc1)C(=O)CN(c1cc([N+](=O)[O-])ccc1C)S(C)(=O)=O. The molecule has 11 heteroatoms. The maximum atomic E-state index is 13.8. The molecule has 1 aliphatic rings. The molecule has 206 valence electrons. The Morgan fingerprint density at radius 3 is 2.37 bits per heavy atom. The molecule has 0 heterocycles. The number of nitro groups is 1. The van der Waals surface area contributed by atoms with E-state index in [0.29, 0.717) is 18.4 Å². The van der Waals surface area contributed by atoms with Gasteiger partial charge in [0.1, 0.15) is 12.6 Å². The minimum Gasteiger partial charge on any atom is -0.352 e. The molecule has 2 amide bonds. The number of non-ortho nitro benzene ring substituents is 1. The second-order valence-electron chi connectivity index (χ2n) is 9.73. The Hall–Kier alpha value is -3.47. The summed E-state index contributed by atoms with van der Waals surface area (Å²) < 4.78 is 26.5. The maximum Gasteiger partial charge on any atom is 0.271 e. The predicted octanol–water partition coefficient (Wildman–Crippen LogP) is 3.58. The monoisotopic (exact) mass is 544 g/mol. The van der Waals surface area contributed by atoms with Gasteiger partial charge in [-0.25, -0.2) is 8.42 Å². The lowest BCUT2D eigenvalue weighted by molar-refractivity contribution is -0.384. The molecular weight excluding hydrogens is 508 g/mol. The second kappa shape index (κ2) is 12.9. The van der Waals surface area contributed by atoms with Crippen molar-refractivity contribution in [2.24, 2.45) is 0 Å². The van der Waals surface area contributed by atoms with E-state index in [1.54, 1.807) is 6.92 Å². The second-order valence-corrected chi connectivity index (χ2v) is 11.6. The van der Waals surface area contributed by atoms with E-state index in [0.717, 1.165) is 47.9 Å². The molecule has 2 aromatic carbocycles. The van der Waals surface area contributed by atoms with E-state index in [1.807, 2.05) is 37.3 Å². The van der Waals surface area contributed by atoms with Crippen LogP contribution in [0.3, 0.4) is 0 Å². The highest BCUT2D eigenvalue weighted by molar-refractivity contribution is 7.92. The van der Waals surface area contributed by atoms with Crippen LogP contribution >= 0.6 is 0 Å². The molecule has 3 rings (SSSR count). The van der Waals surface area contributed by atoms with Crippen molar-refractivity contribution in [3.8, 4) is 0 Å². The number of anilines is 1. The molecule has 0 aromatic heterocycles. The predicted molar refractivity (Wildman–Crippen MR) is 146 cm³/mol. The van der Waals surface area contributed by atoms with Crippen molar-refractivity contribution in [3.63, 3.8) is 0 Å². The van der Waals surface area contributed by atoms with E-state index in [4.69, 9.17) is 0 Å². The van der Waals surface area contributed by atoms with Crippen molar-refractivity contribution in [2.45, 2.75) is 64.5 Å². The number of carbonyl (C=O) groups is 2. The number of nitrogens with zero attached hydrogens (tertiary/aromatic N) is 3. The summed E-state index contributed by atoms with van der Waals surface area (Å²) in [6, 6.07) is 12.7. The molecule has 2 aromatic rings. The molecule has 0 saturated heterocycles. The van der Waals surface area contributed by atoms with Crippen LogP contribution in [0, 0.1) is 17.0 Å². The highest BCUT2D eigenvalue weighted by atomic mass is 32.2. The lowest BCUT2D eigenvalue weighted by Crippen LogP contribution is -2.54. The minimum atomic E-state index is -3.99. The number of hydrogen-bond donors (Lipinski definition) is 1. The van der Waals surface area contributed by atoms with Gasteiger partial charge in [-0.1, -0.05) is 56.2 Å². The molecule has 1 fully saturated rings. The summed E-state index contributed by atoms with van der Waals surface area (Å²) in [7, 11) is -3.99. The normalized spacial score (nSPS) is 14.6. The summed E-state index contributed by atoms with van der Waals surface area (Å²) in [4.78, 5) is 39.3. The van der Waals surface area contributed by atoms with Gasteiger partial charge in [-0.15, -0.1) is 0 Å². The Balaban J connectivity index is 1.93. The van der Waals surface area contributed by atoms with Crippen LogP contribution in [-0.4, -0.2) is 61.5 Å². The first-order valence-electron chi connectivity index (χ1n) is 12.9. The number of nitro benzene ring substituents is 1. The lowest BCUT2D eigenvalue weighted by Gasteiger charge is -2.33. The number of amides is 2. The number of nitrogens with one attached hydrogen (secondary N) is 1. The van der Waals surface area contributed by atoms with Crippen LogP contribution in [-0.2, 0) is 26.0 Å². The summed E-state index contributed by atoms with van der Waals surface area (Å²) in [5, 5.41) is 14.4. The third kappa shape index (κ3) is 7.53. The zero-order valence-electron chi connectivity index (χ0n) is 22.1. The van der Waals surface area contributed by atoms with Gasteiger partial charge in [-0.3, -0.25) is 24.0 Å². The van der Waals surface area contributed by atoms with Crippen LogP contribution in [0.5, 0.6) is 0 Å². The van der Waals surface area contributed by atoms with Crippen LogP contribution in [0.1, 0.15) is 50.2 Å². The van der Waals surface area contributed by atoms with E-state index < -0.39 is 33.4 Å². The van der Waals surface area contributed by atoms with Gasteiger partial charge in [-0.2, -0.15) is 0 Å². The molecule has 0 bridgehead atoms. The van der Waals surface area contributed by atoms with Crippen molar-refractivity contribution < 1.29 is 22.9 Å². The quantitative estimate of drug-likeness (QED) is 0.321. The zero-order valence-corrected chi connectivity index (χ0v) is 22.9. The zero-order chi connectivity index (χ0) is 27.9. The summed E-state index contributed by atoms with van der Waals surface area (Å²) >= 11 is 0. The fraction of sp³-hybridized carbons (Fsp3) is 0.481. The summed E-state index contributed by atoms with van der Waals surface area (Å²) in [6.07, 6.45) is 5.68. The average Bonchev–Trinajstić information content (AvgIpc) is 3.38. The molecule has 0 unspecified atom stereocenters. The summed E-state index contributed by atoms with van der Waals surface area (Å²) in [5.41, 5.74) is 1.22. The van der Waals surface area contributed by atoms with Crippen LogP contribution in [0.25, 0.3) is 0 Å². The van der Waals surface area contributed by atoms with Crippen LogP contribution in [0.2, 0.25) is 0 Å². The minimum absolute atomic E-state index is 0.0570. The van der Waals surface area contributed by atoms with Crippen molar-refractivity contribution in [2.75, 3.05) is 23.7 Å². The topological polar surface area (TPSA) is 130 Å². The highest BCUT2D eigenvalue weighted by Crippen LogP contribution is 2.28. The van der Waals surface area contributed by atoms with Gasteiger partial charge in [0.2, 0.25) is 21.8 Å². The van der Waals surface area contributed by atoms with Crippen molar-refractivity contribution in [1.29, 1.82) is 0 Å². The Morgan fingerprint density at radius 1 is 1.13 bits per heavy atom. The van der Waals surface area contributed by atoms with E-state index in [1.165, 1.54) is 17.0 Å². The first kappa shape index (κ1) is 29.1. The largest absolute Gasteiger partial charge is 0.352 e. The number of aryl methyl sites for hydroxylation is 1. The average molecular weight is 545 g/mol. The molecule has 1 aliphatic carbocycles. The van der Waals surface area contributed by atoms with E-state index >= 15 is 0 Å². The van der Waals surface area contributed by atoms with Crippen LogP contribution in [0.4, 0.5) is 11.4 Å². The Kier molecular flexibility index (Phi) is 9.84. The van der Waals surface area contributed by atoms with Crippen molar-refractivity contribution >= 4 is 33.2 Å². The number of benzene rings is 2. The molecule has 1 saturated carbocycles. The van der Waals surface area contributed by atoms with Gasteiger partial charge < -0.3 is 10.2 Å². The first-order chi connectivity index (χ1) is 18.0. The van der Waals surface area contributed by atoms with Crippen LogP contribution < -0.4 is 9.62 Å². The Bertz CT molecular complexity index is 1250. The van der Waals surface area contributed by atoms with Gasteiger partial charge in [-0.05, 0) is 43.7 Å². The molecule has 1 N–H and O–H groups in total. The molecule has 38 heavy (non-hydrogen) atoms. The summed E-state index contributed by atoms with van der Waals surface area (Å²) in [6.45, 7) is 3.08. The van der Waals surface area contributed by atoms with Crippen LogP contribution in [0.15, 0.2) is 48.5 Å². The first-order valence-corrected chi connectivity index (χ1v) is 14.7. The van der Waals surface area contributed by atoms with E-state index in [9.17, 15) is 28.1 Å². The fourth-order valence-electron chi connectivity index (χ4n) is 4.84. The van der Waals surface area contributed by atoms with Gasteiger partial charge in [0.25, 0.3) is 5.69 Å². The third-order valence-corrected chi connectivity index (χ3v) is 8.05. The number of carbonyl (C=O) groups excluding carboxylic acids is 2. The Labute approximate surface area is 224 Å². The number of hydrogen-bond acceptors (Lipinski definition) is 6. The number of sulfonamides is 1. The standard InChI is InChI=1S/C27H36N4O6S/c1-4-24(27(33)28-22-12-8-9-13-22)29(17-16-21-10-6-5-7-11-21)26(32)19-30(38(3,36)37)25-18-23(31(34)35)15-14-20(25)2/h5-7,10-11,14-15,18,22,24H,4,8-9,12-13,16-17,19H2,1-3H3,(H,28,33)/t24-/m1/s1. The van der Waals surface area contributed by atoms with E-state index in [2.05, 4.69) is 5.32 Å². The maximum absolute atomic E-state index is 13.8. The molecule has 10 nitrogen and oxygen atoms in total. The van der Waals surface area contributed by atoms with Gasteiger partial charge in [0.15, 0.2) is 0 Å². The highest BCUT2D eigenvalue weighted by Gasteiger charge is 2.33. The lowest BCUT2D eigenvalue weighted by atomic mass is 10.1. The Morgan fingerprint density at radius 2 is 1.79 bits per heavy atom. The molecule has 1 atom stereocenters. The van der Waals surface area contributed by atoms with Gasteiger partial charge >= 0.3 is 0 Å².